The minimum absolute atomic E-state index is 0.0510. The third kappa shape index (κ3) is 3.78. The van der Waals surface area contributed by atoms with Crippen molar-refractivity contribution in [2.75, 3.05) is 16.8 Å². The van der Waals surface area contributed by atoms with Crippen molar-refractivity contribution in [2.24, 2.45) is 0 Å². The average molecular weight is 304 g/mol. The lowest BCUT2D eigenvalue weighted by Gasteiger charge is -2.27. The monoisotopic (exact) mass is 303 g/mol. The topological polar surface area (TPSA) is 37.8 Å². The van der Waals surface area contributed by atoms with Gasteiger partial charge in [-0.25, -0.2) is 4.98 Å². The summed E-state index contributed by atoms with van der Waals surface area (Å²) in [6.45, 7) is 8.70. The molecule has 1 fully saturated rings. The van der Waals surface area contributed by atoms with E-state index in [2.05, 4.69) is 54.1 Å². The molecular formula is C12H21N3S3. The van der Waals surface area contributed by atoms with Gasteiger partial charge >= 0.3 is 0 Å². The van der Waals surface area contributed by atoms with Gasteiger partial charge in [0.05, 0.1) is 5.25 Å². The van der Waals surface area contributed by atoms with E-state index in [1.54, 1.807) is 0 Å². The lowest BCUT2D eigenvalue weighted by Crippen LogP contribution is -2.26. The molecule has 0 radical (unpaired) electrons. The van der Waals surface area contributed by atoms with Crippen molar-refractivity contribution in [1.82, 2.24) is 9.36 Å². The first-order chi connectivity index (χ1) is 8.49. The van der Waals surface area contributed by atoms with Gasteiger partial charge in [0, 0.05) is 33.8 Å². The number of anilines is 1. The summed E-state index contributed by atoms with van der Waals surface area (Å²) in [4.78, 5) is 4.68. The fraction of sp³-hybridized carbons (Fsp3) is 0.833. The van der Waals surface area contributed by atoms with Crippen molar-refractivity contribution < 1.29 is 0 Å². The van der Waals surface area contributed by atoms with Gasteiger partial charge in [0.1, 0.15) is 0 Å². The summed E-state index contributed by atoms with van der Waals surface area (Å²) in [5, 5.41) is 5.49. The minimum atomic E-state index is 0.0510. The molecule has 3 nitrogen and oxygen atoms in total. The summed E-state index contributed by atoms with van der Waals surface area (Å²) in [5.41, 5.74) is 0.0510. The third-order valence-corrected chi connectivity index (χ3v) is 6.52. The lowest BCUT2D eigenvalue weighted by molar-refractivity contribution is 0.632. The van der Waals surface area contributed by atoms with Gasteiger partial charge in [-0.1, -0.05) is 6.92 Å². The Kier molecular flexibility index (Phi) is 4.83. The molecule has 0 aliphatic carbocycles. The molecule has 1 N–H and O–H groups in total. The minimum Gasteiger partial charge on any atom is -0.356 e. The number of thioether (sulfide) groups is 2. The Labute approximate surface area is 122 Å². The van der Waals surface area contributed by atoms with E-state index >= 15 is 0 Å². The molecule has 0 saturated carbocycles. The van der Waals surface area contributed by atoms with Crippen LogP contribution in [0.2, 0.25) is 0 Å². The van der Waals surface area contributed by atoms with Crippen LogP contribution in [0.15, 0.2) is 0 Å². The van der Waals surface area contributed by atoms with Crippen LogP contribution in [0.5, 0.6) is 0 Å². The van der Waals surface area contributed by atoms with E-state index in [-0.39, 0.29) is 5.54 Å². The molecule has 18 heavy (non-hydrogen) atoms. The van der Waals surface area contributed by atoms with Crippen LogP contribution < -0.4 is 5.32 Å². The van der Waals surface area contributed by atoms with E-state index in [0.29, 0.717) is 10.5 Å². The molecule has 0 spiro atoms. The molecule has 0 bridgehead atoms. The Hall–Kier alpha value is 0.0600. The van der Waals surface area contributed by atoms with Crippen LogP contribution in [0, 0.1) is 0 Å². The molecule has 1 aliphatic heterocycles. The van der Waals surface area contributed by atoms with Crippen molar-refractivity contribution in [3.05, 3.63) is 5.82 Å². The number of nitrogens with one attached hydrogen (secondary N) is 1. The summed E-state index contributed by atoms with van der Waals surface area (Å²) in [6, 6.07) is 0. The fourth-order valence-corrected chi connectivity index (χ4v) is 5.74. The predicted molar refractivity (Wildman–Crippen MR) is 85.0 cm³/mol. The Morgan fingerprint density at radius 3 is 2.67 bits per heavy atom. The second-order valence-corrected chi connectivity index (χ2v) is 8.79. The second-order valence-electron chi connectivity index (χ2n) is 5.44. The fourth-order valence-electron chi connectivity index (χ4n) is 1.86. The van der Waals surface area contributed by atoms with Crippen molar-refractivity contribution in [2.45, 2.75) is 50.2 Å². The summed E-state index contributed by atoms with van der Waals surface area (Å²) >= 11 is 5.57. The molecule has 2 atom stereocenters. The van der Waals surface area contributed by atoms with E-state index in [4.69, 9.17) is 0 Å². The van der Waals surface area contributed by atoms with Crippen molar-refractivity contribution in [1.29, 1.82) is 0 Å². The van der Waals surface area contributed by atoms with Gasteiger partial charge in [0.15, 0.2) is 5.82 Å². The first-order valence-electron chi connectivity index (χ1n) is 6.34. The van der Waals surface area contributed by atoms with Crippen LogP contribution in [-0.4, -0.2) is 31.7 Å². The highest BCUT2D eigenvalue weighted by Gasteiger charge is 2.29. The van der Waals surface area contributed by atoms with E-state index in [0.717, 1.165) is 11.0 Å². The van der Waals surface area contributed by atoms with E-state index in [1.807, 2.05) is 11.8 Å². The zero-order chi connectivity index (χ0) is 13.2. The van der Waals surface area contributed by atoms with Crippen LogP contribution in [0.4, 0.5) is 5.13 Å². The van der Waals surface area contributed by atoms with E-state index < -0.39 is 0 Å². The molecule has 2 unspecified atom stereocenters. The largest absolute Gasteiger partial charge is 0.356 e. The zero-order valence-corrected chi connectivity index (χ0v) is 13.8. The molecule has 1 aromatic heterocycles. The number of aromatic nitrogens is 2. The highest BCUT2D eigenvalue weighted by Crippen LogP contribution is 2.43. The van der Waals surface area contributed by atoms with E-state index in [1.165, 1.54) is 29.5 Å². The SMILES string of the molecule is CCC1SCCSC1c1nsc(NC(C)(C)C)n1. The van der Waals surface area contributed by atoms with E-state index in [9.17, 15) is 0 Å². The van der Waals surface area contributed by atoms with Gasteiger partial charge in [-0.15, -0.1) is 11.8 Å². The molecule has 102 valence electrons. The molecule has 2 rings (SSSR count). The van der Waals surface area contributed by atoms with Crippen LogP contribution in [0.25, 0.3) is 0 Å². The summed E-state index contributed by atoms with van der Waals surface area (Å²) in [6.07, 6.45) is 1.20. The van der Waals surface area contributed by atoms with Gasteiger partial charge in [-0.05, 0) is 27.2 Å². The molecule has 0 aromatic carbocycles. The molecule has 6 heteroatoms. The first kappa shape index (κ1) is 14.5. The molecule has 2 heterocycles. The quantitative estimate of drug-likeness (QED) is 0.912. The lowest BCUT2D eigenvalue weighted by atomic mass is 10.1. The van der Waals surface area contributed by atoms with Gasteiger partial charge in [0.2, 0.25) is 5.13 Å². The van der Waals surface area contributed by atoms with Crippen molar-refractivity contribution >= 4 is 40.2 Å². The average Bonchev–Trinajstić information content (AvgIpc) is 2.75. The maximum atomic E-state index is 4.68. The summed E-state index contributed by atoms with van der Waals surface area (Å²) in [5.74, 6) is 3.50. The zero-order valence-electron chi connectivity index (χ0n) is 11.4. The number of hydrogen-bond donors (Lipinski definition) is 1. The Bertz CT molecular complexity index is 386. The standard InChI is InChI=1S/C12H21N3S3/c1-5-8-9(17-7-6-16-8)10-13-11(18-15-10)14-12(2,3)4/h8-9H,5-7H2,1-4H3,(H,13,14,15). The maximum Gasteiger partial charge on any atom is 0.203 e. The highest BCUT2D eigenvalue weighted by molar-refractivity contribution is 8.06. The van der Waals surface area contributed by atoms with Crippen molar-refractivity contribution in [3.8, 4) is 0 Å². The Morgan fingerprint density at radius 2 is 2.00 bits per heavy atom. The first-order valence-corrected chi connectivity index (χ1v) is 9.21. The molecule has 1 aromatic rings. The van der Waals surface area contributed by atoms with Crippen molar-refractivity contribution in [3.63, 3.8) is 0 Å². The third-order valence-electron chi connectivity index (χ3n) is 2.63. The van der Waals surface area contributed by atoms with Crippen LogP contribution in [-0.2, 0) is 0 Å². The Morgan fingerprint density at radius 1 is 1.28 bits per heavy atom. The predicted octanol–water partition coefficient (Wildman–Crippen LogP) is 4.05. The number of nitrogens with zero attached hydrogens (tertiary/aromatic N) is 2. The Balaban J connectivity index is 2.08. The van der Waals surface area contributed by atoms with Gasteiger partial charge in [0.25, 0.3) is 0 Å². The number of rotatable bonds is 3. The number of hydrogen-bond acceptors (Lipinski definition) is 6. The van der Waals surface area contributed by atoms with Crippen LogP contribution in [0.1, 0.15) is 45.2 Å². The molecular weight excluding hydrogens is 282 g/mol. The van der Waals surface area contributed by atoms with Gasteiger partial charge < -0.3 is 5.32 Å². The van der Waals surface area contributed by atoms with Gasteiger partial charge in [-0.2, -0.15) is 16.1 Å². The molecule has 1 saturated heterocycles. The maximum absolute atomic E-state index is 4.68. The smallest absolute Gasteiger partial charge is 0.203 e. The highest BCUT2D eigenvalue weighted by atomic mass is 32.2. The molecule has 0 amide bonds. The normalized spacial score (nSPS) is 25.1. The molecule has 1 aliphatic rings. The second kappa shape index (κ2) is 6.01. The summed E-state index contributed by atoms with van der Waals surface area (Å²) in [7, 11) is 0. The summed E-state index contributed by atoms with van der Waals surface area (Å²) < 4.78 is 4.56. The van der Waals surface area contributed by atoms with Crippen LogP contribution in [0.3, 0.4) is 0 Å². The van der Waals surface area contributed by atoms with Gasteiger partial charge in [-0.3, -0.25) is 0 Å². The van der Waals surface area contributed by atoms with Crippen LogP contribution >= 0.6 is 35.1 Å².